The molecule has 0 radical (unpaired) electrons. The zero-order chi connectivity index (χ0) is 12.5. The maximum Gasteiger partial charge on any atom is 0.275 e. The minimum absolute atomic E-state index is 0.0368. The van der Waals surface area contributed by atoms with E-state index in [-0.39, 0.29) is 29.9 Å². The van der Waals surface area contributed by atoms with Crippen molar-refractivity contribution in [2.24, 2.45) is 0 Å². The SMILES string of the molecule is BC1OC2CCBOC2C1OCC(C)(C)OC. The quantitative estimate of drug-likeness (QED) is 0.633. The van der Waals surface area contributed by atoms with E-state index >= 15 is 0 Å². The summed E-state index contributed by atoms with van der Waals surface area (Å²) in [5.41, 5.74) is -0.257. The Balaban J connectivity index is 1.91. The van der Waals surface area contributed by atoms with Crippen LogP contribution in [0.1, 0.15) is 20.3 Å². The summed E-state index contributed by atoms with van der Waals surface area (Å²) in [4.78, 5) is 0. The van der Waals surface area contributed by atoms with Gasteiger partial charge in [-0.2, -0.15) is 0 Å². The molecule has 2 saturated heterocycles. The molecule has 6 heteroatoms. The van der Waals surface area contributed by atoms with E-state index in [0.29, 0.717) is 6.61 Å². The molecule has 4 unspecified atom stereocenters. The van der Waals surface area contributed by atoms with Gasteiger partial charge in [-0.05, 0) is 26.6 Å². The smallest absolute Gasteiger partial charge is 0.275 e. The van der Waals surface area contributed by atoms with Crippen molar-refractivity contribution in [1.29, 1.82) is 0 Å². The van der Waals surface area contributed by atoms with Gasteiger partial charge in [-0.1, -0.05) is 0 Å². The van der Waals surface area contributed by atoms with E-state index in [2.05, 4.69) is 7.85 Å². The van der Waals surface area contributed by atoms with E-state index in [9.17, 15) is 0 Å². The molecule has 0 saturated carbocycles. The van der Waals surface area contributed by atoms with Crippen molar-refractivity contribution in [1.82, 2.24) is 0 Å². The van der Waals surface area contributed by atoms with Crippen molar-refractivity contribution in [3.05, 3.63) is 0 Å². The second-order valence-electron chi connectivity index (χ2n) is 5.60. The first-order valence-corrected chi connectivity index (χ1v) is 6.47. The Morgan fingerprint density at radius 3 is 2.94 bits per heavy atom. The van der Waals surface area contributed by atoms with Crippen molar-refractivity contribution in [3.63, 3.8) is 0 Å². The first kappa shape index (κ1) is 13.4. The minimum atomic E-state index is -0.257. The van der Waals surface area contributed by atoms with Gasteiger partial charge < -0.3 is 18.9 Å². The highest BCUT2D eigenvalue weighted by Crippen LogP contribution is 2.31. The Morgan fingerprint density at radius 1 is 1.47 bits per heavy atom. The normalized spacial score (nSPS) is 37.6. The Labute approximate surface area is 105 Å². The monoisotopic (exact) mass is 240 g/mol. The molecular formula is C11H22B2O4. The van der Waals surface area contributed by atoms with Crippen molar-refractivity contribution < 1.29 is 18.9 Å². The molecule has 2 aliphatic rings. The van der Waals surface area contributed by atoms with Gasteiger partial charge in [0.05, 0.1) is 30.4 Å². The van der Waals surface area contributed by atoms with Crippen LogP contribution in [0.25, 0.3) is 0 Å². The molecular weight excluding hydrogens is 218 g/mol. The fraction of sp³-hybridized carbons (Fsp3) is 1.00. The van der Waals surface area contributed by atoms with E-state index in [0.717, 1.165) is 20.2 Å². The van der Waals surface area contributed by atoms with Crippen LogP contribution >= 0.6 is 0 Å². The maximum atomic E-state index is 5.97. The molecule has 96 valence electrons. The highest BCUT2D eigenvalue weighted by molar-refractivity contribution is 6.27. The van der Waals surface area contributed by atoms with Crippen LogP contribution in [0, 0.1) is 0 Å². The summed E-state index contributed by atoms with van der Waals surface area (Å²) in [6.07, 6.45) is 2.53. The van der Waals surface area contributed by atoms with Gasteiger partial charge in [0, 0.05) is 7.11 Å². The summed E-state index contributed by atoms with van der Waals surface area (Å²) in [5, 5.41) is 0. The van der Waals surface area contributed by atoms with Crippen LogP contribution in [0.3, 0.4) is 0 Å². The lowest BCUT2D eigenvalue weighted by Crippen LogP contribution is -2.43. The molecule has 0 N–H and O–H groups in total. The van der Waals surface area contributed by atoms with Gasteiger partial charge in [0.2, 0.25) is 0 Å². The Hall–Kier alpha value is -0.0301. The molecule has 0 spiro atoms. The first-order chi connectivity index (χ1) is 8.03. The lowest BCUT2D eigenvalue weighted by molar-refractivity contribution is -0.0952. The average molecular weight is 240 g/mol. The number of rotatable bonds is 4. The predicted molar refractivity (Wildman–Crippen MR) is 69.5 cm³/mol. The Kier molecular flexibility index (Phi) is 4.18. The van der Waals surface area contributed by atoms with Crippen LogP contribution in [0.15, 0.2) is 0 Å². The van der Waals surface area contributed by atoms with Crippen molar-refractivity contribution in [3.8, 4) is 0 Å². The van der Waals surface area contributed by atoms with Gasteiger partial charge in [0.1, 0.15) is 14.0 Å². The second kappa shape index (κ2) is 5.31. The van der Waals surface area contributed by atoms with Crippen molar-refractivity contribution >= 4 is 15.3 Å². The predicted octanol–water partition coefficient (Wildman–Crippen LogP) is -0.287. The summed E-state index contributed by atoms with van der Waals surface area (Å²) in [7, 11) is 4.59. The summed E-state index contributed by atoms with van der Waals surface area (Å²) in [6, 6.07) is 0.107. The second-order valence-corrected chi connectivity index (χ2v) is 5.60. The number of hydrogen-bond acceptors (Lipinski definition) is 4. The van der Waals surface area contributed by atoms with Gasteiger partial charge in [-0.3, -0.25) is 0 Å². The van der Waals surface area contributed by atoms with E-state index in [1.807, 2.05) is 13.8 Å². The fourth-order valence-electron chi connectivity index (χ4n) is 2.43. The molecule has 0 bridgehead atoms. The molecule has 4 atom stereocenters. The number of fused-ring (bicyclic) bond motifs is 1. The van der Waals surface area contributed by atoms with Gasteiger partial charge in [0.15, 0.2) is 0 Å². The lowest BCUT2D eigenvalue weighted by Gasteiger charge is -2.30. The Bertz CT molecular complexity index is 262. The third-order valence-corrected chi connectivity index (χ3v) is 3.66. The zero-order valence-corrected chi connectivity index (χ0v) is 11.3. The molecule has 17 heavy (non-hydrogen) atoms. The molecule has 2 aliphatic heterocycles. The van der Waals surface area contributed by atoms with Crippen molar-refractivity contribution in [2.75, 3.05) is 13.7 Å². The van der Waals surface area contributed by atoms with Crippen LogP contribution < -0.4 is 0 Å². The molecule has 0 aromatic rings. The number of methoxy groups -OCH3 is 1. The Morgan fingerprint density at radius 2 is 2.24 bits per heavy atom. The zero-order valence-electron chi connectivity index (χ0n) is 11.3. The standard InChI is InChI=1S/C11H22B2O4/c1-11(2,14-3)6-15-9-8-7(16-10(9)12)4-5-13-17-8/h7-10,13H,4-6,12H2,1-3H3. The van der Waals surface area contributed by atoms with Crippen LogP contribution in [0.5, 0.6) is 0 Å². The average Bonchev–Trinajstić information content (AvgIpc) is 2.62. The van der Waals surface area contributed by atoms with Crippen LogP contribution in [-0.4, -0.2) is 59.0 Å². The molecule has 2 fully saturated rings. The number of hydrogen-bond donors (Lipinski definition) is 0. The summed E-state index contributed by atoms with van der Waals surface area (Å²) < 4.78 is 23.0. The van der Waals surface area contributed by atoms with Crippen molar-refractivity contribution in [2.45, 2.75) is 56.5 Å². The highest BCUT2D eigenvalue weighted by Gasteiger charge is 2.45. The molecule has 2 rings (SSSR count). The molecule has 0 aromatic carbocycles. The lowest BCUT2D eigenvalue weighted by atomic mass is 9.83. The van der Waals surface area contributed by atoms with Gasteiger partial charge in [0.25, 0.3) is 7.48 Å². The largest absolute Gasteiger partial charge is 0.432 e. The van der Waals surface area contributed by atoms with Crippen LogP contribution in [0.4, 0.5) is 0 Å². The van der Waals surface area contributed by atoms with E-state index in [4.69, 9.17) is 18.9 Å². The molecule has 2 heterocycles. The van der Waals surface area contributed by atoms with Gasteiger partial charge in [-0.25, -0.2) is 0 Å². The third kappa shape index (κ3) is 3.05. The van der Waals surface area contributed by atoms with Crippen LogP contribution in [0.2, 0.25) is 6.32 Å². The first-order valence-electron chi connectivity index (χ1n) is 6.47. The molecule has 0 aliphatic carbocycles. The molecule has 0 amide bonds. The van der Waals surface area contributed by atoms with E-state index in [1.165, 1.54) is 0 Å². The van der Waals surface area contributed by atoms with E-state index in [1.54, 1.807) is 7.11 Å². The maximum absolute atomic E-state index is 5.97. The van der Waals surface area contributed by atoms with Gasteiger partial charge >= 0.3 is 0 Å². The summed E-state index contributed by atoms with van der Waals surface area (Å²) in [5.74, 6) is 0. The molecule has 0 aromatic heterocycles. The van der Waals surface area contributed by atoms with Gasteiger partial charge in [-0.15, -0.1) is 0 Å². The topological polar surface area (TPSA) is 36.9 Å². The summed E-state index contributed by atoms with van der Waals surface area (Å²) in [6.45, 7) is 4.60. The van der Waals surface area contributed by atoms with E-state index < -0.39 is 0 Å². The minimum Gasteiger partial charge on any atom is -0.432 e. The number of ether oxygens (including phenoxy) is 3. The fourth-order valence-corrected chi connectivity index (χ4v) is 2.43. The summed E-state index contributed by atoms with van der Waals surface area (Å²) >= 11 is 0. The van der Waals surface area contributed by atoms with Crippen LogP contribution in [-0.2, 0) is 18.9 Å². The third-order valence-electron chi connectivity index (χ3n) is 3.66. The molecule has 4 nitrogen and oxygen atoms in total. The highest BCUT2D eigenvalue weighted by atomic mass is 16.6.